The van der Waals surface area contributed by atoms with E-state index >= 15 is 0 Å². The summed E-state index contributed by atoms with van der Waals surface area (Å²) >= 11 is 0. The fourth-order valence-electron chi connectivity index (χ4n) is 1.72. The first-order valence-corrected chi connectivity index (χ1v) is 6.56. The molecule has 0 atom stereocenters. The summed E-state index contributed by atoms with van der Waals surface area (Å²) in [6.07, 6.45) is 0. The van der Waals surface area contributed by atoms with Gasteiger partial charge in [-0.05, 0) is 6.92 Å². The monoisotopic (exact) mass is 299 g/mol. The van der Waals surface area contributed by atoms with E-state index in [1.54, 1.807) is 0 Å². The Morgan fingerprint density at radius 1 is 1.29 bits per heavy atom. The summed E-state index contributed by atoms with van der Waals surface area (Å²) < 4.78 is 0. The van der Waals surface area contributed by atoms with Gasteiger partial charge in [-0.3, -0.25) is 9.59 Å². The number of aromatic amines is 1. The van der Waals surface area contributed by atoms with Crippen molar-refractivity contribution in [2.45, 2.75) is 32.2 Å². The van der Waals surface area contributed by atoms with Gasteiger partial charge in [-0.1, -0.05) is 13.8 Å². The van der Waals surface area contributed by atoms with Crippen LogP contribution in [0.15, 0.2) is 4.79 Å². The number of amides is 1. The highest BCUT2D eigenvalue weighted by Crippen LogP contribution is 2.10. The standard InChI is InChI=1S/C13H21N3O5/c1-7(2)10-14-8(3)9(11(20)15-10)12(21)16-13(4-17,5-18)6-19/h7,17-19H,4-6H2,1-3H3,(H,16,21)(H,14,15,20). The van der Waals surface area contributed by atoms with Crippen LogP contribution in [0.1, 0.15) is 41.6 Å². The summed E-state index contributed by atoms with van der Waals surface area (Å²) in [5.74, 6) is -0.347. The summed E-state index contributed by atoms with van der Waals surface area (Å²) in [5, 5.41) is 29.9. The first kappa shape index (κ1) is 17.3. The molecule has 1 aromatic heterocycles. The minimum atomic E-state index is -1.59. The molecule has 1 heterocycles. The SMILES string of the molecule is Cc1nc(C(C)C)[nH]c(=O)c1C(=O)NC(CO)(CO)CO. The molecule has 1 rings (SSSR count). The summed E-state index contributed by atoms with van der Waals surface area (Å²) in [5.41, 5.74) is -2.17. The number of rotatable bonds is 6. The third-order valence-corrected chi connectivity index (χ3v) is 3.18. The van der Waals surface area contributed by atoms with E-state index in [1.165, 1.54) is 6.92 Å². The molecule has 0 fully saturated rings. The van der Waals surface area contributed by atoms with Crippen molar-refractivity contribution in [3.63, 3.8) is 0 Å². The van der Waals surface area contributed by atoms with Gasteiger partial charge >= 0.3 is 0 Å². The molecular formula is C13H21N3O5. The molecule has 5 N–H and O–H groups in total. The van der Waals surface area contributed by atoms with Crippen LogP contribution in [0.4, 0.5) is 0 Å². The smallest absolute Gasteiger partial charge is 0.264 e. The van der Waals surface area contributed by atoms with Gasteiger partial charge in [0.25, 0.3) is 11.5 Å². The van der Waals surface area contributed by atoms with Crippen LogP contribution in [0.2, 0.25) is 0 Å². The Bertz CT molecular complexity index is 555. The zero-order chi connectivity index (χ0) is 16.2. The average molecular weight is 299 g/mol. The zero-order valence-electron chi connectivity index (χ0n) is 12.3. The molecule has 1 aromatic rings. The molecule has 0 aliphatic rings. The molecule has 0 aromatic carbocycles. The predicted octanol–water partition coefficient (Wildman–Crippen LogP) is -1.35. The average Bonchev–Trinajstić information content (AvgIpc) is 2.44. The first-order valence-electron chi connectivity index (χ1n) is 6.56. The molecule has 8 heteroatoms. The van der Waals surface area contributed by atoms with Crippen molar-refractivity contribution in [1.29, 1.82) is 0 Å². The van der Waals surface area contributed by atoms with Crippen molar-refractivity contribution in [2.75, 3.05) is 19.8 Å². The van der Waals surface area contributed by atoms with Gasteiger partial charge in [0.2, 0.25) is 0 Å². The molecule has 0 radical (unpaired) electrons. The fraction of sp³-hybridized carbons (Fsp3) is 0.615. The molecule has 0 aliphatic heterocycles. The first-order chi connectivity index (χ1) is 9.80. The molecule has 21 heavy (non-hydrogen) atoms. The molecular weight excluding hydrogens is 278 g/mol. The van der Waals surface area contributed by atoms with E-state index in [-0.39, 0.29) is 17.2 Å². The normalized spacial score (nSPS) is 11.8. The van der Waals surface area contributed by atoms with E-state index in [0.29, 0.717) is 5.82 Å². The lowest BCUT2D eigenvalue weighted by Gasteiger charge is -2.28. The highest BCUT2D eigenvalue weighted by Gasteiger charge is 2.32. The van der Waals surface area contributed by atoms with Crippen molar-refractivity contribution < 1.29 is 20.1 Å². The van der Waals surface area contributed by atoms with Crippen molar-refractivity contribution in [3.05, 3.63) is 27.4 Å². The number of H-pyrrole nitrogens is 1. The molecule has 0 aliphatic carbocycles. The lowest BCUT2D eigenvalue weighted by molar-refractivity contribution is 0.0374. The van der Waals surface area contributed by atoms with Crippen molar-refractivity contribution in [2.24, 2.45) is 0 Å². The van der Waals surface area contributed by atoms with E-state index < -0.39 is 36.8 Å². The summed E-state index contributed by atoms with van der Waals surface area (Å²) in [6, 6.07) is 0. The van der Waals surface area contributed by atoms with Crippen LogP contribution < -0.4 is 10.9 Å². The number of nitrogens with zero attached hydrogens (tertiary/aromatic N) is 1. The lowest BCUT2D eigenvalue weighted by Crippen LogP contribution is -2.57. The maximum atomic E-state index is 12.2. The molecule has 0 spiro atoms. The van der Waals surface area contributed by atoms with Crippen LogP contribution in [0, 0.1) is 6.92 Å². The number of aromatic nitrogens is 2. The van der Waals surface area contributed by atoms with Crippen LogP contribution in [0.3, 0.4) is 0 Å². The third-order valence-electron chi connectivity index (χ3n) is 3.18. The molecule has 0 saturated heterocycles. The van der Waals surface area contributed by atoms with Gasteiger partial charge < -0.3 is 25.6 Å². The van der Waals surface area contributed by atoms with Crippen LogP contribution in [-0.2, 0) is 0 Å². The fourth-order valence-corrected chi connectivity index (χ4v) is 1.72. The molecule has 0 saturated carbocycles. The Labute approximate surface area is 121 Å². The Balaban J connectivity index is 3.17. The van der Waals surface area contributed by atoms with Gasteiger partial charge in [0.05, 0.1) is 25.5 Å². The molecule has 0 bridgehead atoms. The van der Waals surface area contributed by atoms with E-state index in [9.17, 15) is 24.9 Å². The number of hydrogen-bond acceptors (Lipinski definition) is 6. The minimum absolute atomic E-state index is 0.0000673. The van der Waals surface area contributed by atoms with Crippen LogP contribution in [0.5, 0.6) is 0 Å². The second-order valence-corrected chi connectivity index (χ2v) is 5.28. The Morgan fingerprint density at radius 3 is 2.19 bits per heavy atom. The van der Waals surface area contributed by atoms with Gasteiger partial charge in [-0.15, -0.1) is 0 Å². The van der Waals surface area contributed by atoms with Crippen LogP contribution in [0.25, 0.3) is 0 Å². The number of aryl methyl sites for hydroxylation is 1. The number of aliphatic hydroxyl groups is 3. The maximum absolute atomic E-state index is 12.2. The third kappa shape index (κ3) is 3.66. The van der Waals surface area contributed by atoms with Gasteiger partial charge in [0, 0.05) is 5.92 Å². The molecule has 1 amide bonds. The number of aliphatic hydroxyl groups excluding tert-OH is 3. The van der Waals surface area contributed by atoms with Crippen molar-refractivity contribution in [3.8, 4) is 0 Å². The topological polar surface area (TPSA) is 136 Å². The second-order valence-electron chi connectivity index (χ2n) is 5.28. The molecule has 8 nitrogen and oxygen atoms in total. The minimum Gasteiger partial charge on any atom is -0.394 e. The van der Waals surface area contributed by atoms with Gasteiger partial charge in [-0.25, -0.2) is 4.98 Å². The Morgan fingerprint density at radius 2 is 1.81 bits per heavy atom. The largest absolute Gasteiger partial charge is 0.394 e. The second kappa shape index (κ2) is 6.79. The van der Waals surface area contributed by atoms with Crippen molar-refractivity contribution in [1.82, 2.24) is 15.3 Å². The number of carbonyl (C=O) groups is 1. The summed E-state index contributed by atoms with van der Waals surface area (Å²) in [7, 11) is 0. The molecule has 0 unspecified atom stereocenters. The Kier molecular flexibility index (Phi) is 5.59. The molecule has 118 valence electrons. The van der Waals surface area contributed by atoms with Gasteiger partial charge in [0.15, 0.2) is 0 Å². The summed E-state index contributed by atoms with van der Waals surface area (Å²) in [4.78, 5) is 30.8. The van der Waals surface area contributed by atoms with Crippen LogP contribution >= 0.6 is 0 Å². The van der Waals surface area contributed by atoms with E-state index in [4.69, 9.17) is 0 Å². The highest BCUT2D eigenvalue weighted by molar-refractivity contribution is 5.95. The Hall–Kier alpha value is -1.77. The highest BCUT2D eigenvalue weighted by atomic mass is 16.3. The summed E-state index contributed by atoms with van der Waals surface area (Å²) in [6.45, 7) is 3.23. The van der Waals surface area contributed by atoms with E-state index in [0.717, 1.165) is 0 Å². The quantitative estimate of drug-likeness (QED) is 0.440. The van der Waals surface area contributed by atoms with Crippen molar-refractivity contribution >= 4 is 5.91 Å². The van der Waals surface area contributed by atoms with E-state index in [2.05, 4.69) is 15.3 Å². The number of carbonyl (C=O) groups excluding carboxylic acids is 1. The number of hydrogen-bond donors (Lipinski definition) is 5. The predicted molar refractivity (Wildman–Crippen MR) is 75.1 cm³/mol. The maximum Gasteiger partial charge on any atom is 0.264 e. The van der Waals surface area contributed by atoms with Gasteiger partial charge in [0.1, 0.15) is 16.9 Å². The number of nitrogens with one attached hydrogen (secondary N) is 2. The zero-order valence-corrected chi connectivity index (χ0v) is 12.3. The lowest BCUT2D eigenvalue weighted by atomic mass is 10.0. The van der Waals surface area contributed by atoms with Gasteiger partial charge in [-0.2, -0.15) is 0 Å². The van der Waals surface area contributed by atoms with E-state index in [1.807, 2.05) is 13.8 Å². The van der Waals surface area contributed by atoms with Crippen LogP contribution in [-0.4, -0.2) is 56.6 Å².